The van der Waals surface area contributed by atoms with E-state index in [1.165, 1.54) is 16.9 Å². The van der Waals surface area contributed by atoms with Crippen molar-refractivity contribution in [2.75, 3.05) is 44.7 Å². The standard InChI is InChI=1S/C12H16F2N2OS3/c13-9-7-10(14)12(11(8-9)19-20-18)15-1-2-16-3-5-17-6-4-16/h7-8,15,18H,1-6H2. The maximum Gasteiger partial charge on any atom is 0.150 e. The molecule has 1 aromatic rings. The molecule has 0 unspecified atom stereocenters. The molecule has 0 aliphatic carbocycles. The van der Waals surface area contributed by atoms with E-state index in [-0.39, 0.29) is 0 Å². The molecule has 112 valence electrons. The van der Waals surface area contributed by atoms with Crippen LogP contribution in [0.5, 0.6) is 0 Å². The summed E-state index contributed by atoms with van der Waals surface area (Å²) in [6, 6.07) is 2.21. The van der Waals surface area contributed by atoms with Gasteiger partial charge < -0.3 is 10.1 Å². The summed E-state index contributed by atoms with van der Waals surface area (Å²) in [5.74, 6) is -1.15. The minimum absolute atomic E-state index is 0.339. The molecule has 3 nitrogen and oxygen atoms in total. The monoisotopic (exact) mass is 338 g/mol. The number of benzene rings is 1. The lowest BCUT2D eigenvalue weighted by atomic mass is 10.3. The molecule has 1 aliphatic heterocycles. The van der Waals surface area contributed by atoms with Gasteiger partial charge in [-0.3, -0.25) is 4.90 Å². The zero-order chi connectivity index (χ0) is 14.4. The van der Waals surface area contributed by atoms with E-state index in [9.17, 15) is 8.78 Å². The summed E-state index contributed by atoms with van der Waals surface area (Å²) in [6.07, 6.45) is 0. The first-order chi connectivity index (χ1) is 9.70. The van der Waals surface area contributed by atoms with Gasteiger partial charge in [0.2, 0.25) is 0 Å². The molecule has 8 heteroatoms. The third-order valence-corrected chi connectivity index (χ3v) is 4.99. The maximum absolute atomic E-state index is 13.8. The number of nitrogens with one attached hydrogen (secondary N) is 1. The minimum atomic E-state index is -0.578. The summed E-state index contributed by atoms with van der Waals surface area (Å²) in [5.41, 5.74) is 0.339. The molecule has 20 heavy (non-hydrogen) atoms. The minimum Gasteiger partial charge on any atom is -0.380 e. The third kappa shape index (κ3) is 4.70. The van der Waals surface area contributed by atoms with Gasteiger partial charge in [-0.1, -0.05) is 11.7 Å². The van der Waals surface area contributed by atoms with Crippen LogP contribution in [0.15, 0.2) is 17.0 Å². The van der Waals surface area contributed by atoms with E-state index >= 15 is 0 Å². The van der Waals surface area contributed by atoms with E-state index < -0.39 is 11.6 Å². The highest BCUT2D eigenvalue weighted by Crippen LogP contribution is 2.39. The van der Waals surface area contributed by atoms with Crippen molar-refractivity contribution in [3.8, 4) is 0 Å². The molecule has 0 radical (unpaired) electrons. The highest BCUT2D eigenvalue weighted by molar-refractivity contribution is 9.05. The molecule has 0 atom stereocenters. The van der Waals surface area contributed by atoms with E-state index in [1.54, 1.807) is 0 Å². The van der Waals surface area contributed by atoms with Gasteiger partial charge in [-0.15, -0.1) is 0 Å². The second-order valence-corrected chi connectivity index (χ2v) is 7.34. The SMILES string of the molecule is Fc1cc(F)c(NCCN2CCOCC2)c(SSS)c1. The van der Waals surface area contributed by atoms with E-state index in [1.807, 2.05) is 0 Å². The van der Waals surface area contributed by atoms with Crippen molar-refractivity contribution in [3.05, 3.63) is 23.8 Å². The van der Waals surface area contributed by atoms with Crippen molar-refractivity contribution < 1.29 is 13.5 Å². The summed E-state index contributed by atoms with van der Waals surface area (Å²) in [6.45, 7) is 4.67. The van der Waals surface area contributed by atoms with Crippen LogP contribution in [-0.4, -0.2) is 44.3 Å². The second kappa shape index (κ2) is 8.33. The van der Waals surface area contributed by atoms with Crippen LogP contribution in [0.3, 0.4) is 0 Å². The number of thiol groups is 1. The van der Waals surface area contributed by atoms with Crippen LogP contribution in [0.4, 0.5) is 14.5 Å². The molecule has 0 bridgehead atoms. The van der Waals surface area contributed by atoms with Crippen molar-refractivity contribution in [2.24, 2.45) is 0 Å². The first-order valence-corrected chi connectivity index (χ1v) is 9.42. The fraction of sp³-hybridized carbons (Fsp3) is 0.500. The van der Waals surface area contributed by atoms with Crippen LogP contribution >= 0.6 is 32.3 Å². The molecule has 0 amide bonds. The summed E-state index contributed by atoms with van der Waals surface area (Å²) in [7, 11) is 2.38. The van der Waals surface area contributed by atoms with Gasteiger partial charge in [-0.25, -0.2) is 8.78 Å². The zero-order valence-electron chi connectivity index (χ0n) is 10.8. The Bertz CT molecular complexity index is 445. The van der Waals surface area contributed by atoms with Crippen molar-refractivity contribution >= 4 is 38.0 Å². The number of hydrogen-bond donors (Lipinski definition) is 2. The Labute approximate surface area is 130 Å². The predicted octanol–water partition coefficient (Wildman–Crippen LogP) is 3.29. The van der Waals surface area contributed by atoms with Gasteiger partial charge in [0.1, 0.15) is 11.6 Å². The average Bonchev–Trinajstić information content (AvgIpc) is 2.43. The van der Waals surface area contributed by atoms with Gasteiger partial charge in [0.15, 0.2) is 0 Å². The maximum atomic E-state index is 13.8. The lowest BCUT2D eigenvalue weighted by Gasteiger charge is -2.26. The first kappa shape index (κ1) is 16.2. The molecule has 1 heterocycles. The van der Waals surface area contributed by atoms with E-state index in [0.29, 0.717) is 17.1 Å². The van der Waals surface area contributed by atoms with E-state index in [2.05, 4.69) is 21.9 Å². The Morgan fingerprint density at radius 3 is 2.75 bits per heavy atom. The Kier molecular flexibility index (Phi) is 6.76. The number of anilines is 1. The van der Waals surface area contributed by atoms with Crippen molar-refractivity contribution in [2.45, 2.75) is 4.90 Å². The van der Waals surface area contributed by atoms with Crippen LogP contribution < -0.4 is 5.32 Å². The van der Waals surface area contributed by atoms with Gasteiger partial charge in [-0.05, 0) is 26.7 Å². The average molecular weight is 338 g/mol. The van der Waals surface area contributed by atoms with Gasteiger partial charge in [0, 0.05) is 37.1 Å². The molecule has 0 saturated carbocycles. The normalized spacial score (nSPS) is 16.4. The summed E-state index contributed by atoms with van der Waals surface area (Å²) in [5, 5.41) is 3.05. The lowest BCUT2D eigenvalue weighted by Crippen LogP contribution is -2.39. The van der Waals surface area contributed by atoms with E-state index in [0.717, 1.165) is 48.7 Å². The van der Waals surface area contributed by atoms with Crippen LogP contribution in [0, 0.1) is 11.6 Å². The number of rotatable bonds is 6. The Morgan fingerprint density at radius 1 is 1.30 bits per heavy atom. The van der Waals surface area contributed by atoms with Crippen LogP contribution in [0.1, 0.15) is 0 Å². The predicted molar refractivity (Wildman–Crippen MR) is 84.5 cm³/mol. The van der Waals surface area contributed by atoms with Crippen molar-refractivity contribution in [1.29, 1.82) is 0 Å². The highest BCUT2D eigenvalue weighted by Gasteiger charge is 2.13. The Hall–Kier alpha value is -0.150. The molecule has 0 aromatic heterocycles. The number of ether oxygens (including phenoxy) is 1. The quantitative estimate of drug-likeness (QED) is 0.612. The summed E-state index contributed by atoms with van der Waals surface area (Å²) < 4.78 is 32.3. The van der Waals surface area contributed by atoms with Gasteiger partial charge in [0.25, 0.3) is 0 Å². The van der Waals surface area contributed by atoms with Crippen molar-refractivity contribution in [3.63, 3.8) is 0 Å². The second-order valence-electron chi connectivity index (χ2n) is 4.30. The third-order valence-electron chi connectivity index (χ3n) is 2.98. The number of hydrogen-bond acceptors (Lipinski definition) is 6. The molecule has 1 fully saturated rings. The lowest BCUT2D eigenvalue weighted by molar-refractivity contribution is 0.0398. The molecular formula is C12H16F2N2OS3. The summed E-state index contributed by atoms with van der Waals surface area (Å²) in [4.78, 5) is 2.77. The largest absolute Gasteiger partial charge is 0.380 e. The summed E-state index contributed by atoms with van der Waals surface area (Å²) >= 11 is 4.01. The Morgan fingerprint density at radius 2 is 2.05 bits per heavy atom. The molecule has 1 N–H and O–H groups in total. The molecule has 1 aliphatic rings. The molecule has 0 spiro atoms. The van der Waals surface area contributed by atoms with Crippen LogP contribution in [-0.2, 0) is 4.74 Å². The van der Waals surface area contributed by atoms with E-state index in [4.69, 9.17) is 4.74 Å². The number of halogens is 2. The topological polar surface area (TPSA) is 24.5 Å². The molecule has 1 saturated heterocycles. The molecular weight excluding hydrogens is 322 g/mol. The first-order valence-electron chi connectivity index (χ1n) is 6.22. The van der Waals surface area contributed by atoms with Gasteiger partial charge in [-0.2, -0.15) is 0 Å². The highest BCUT2D eigenvalue weighted by atomic mass is 33.5. The van der Waals surface area contributed by atoms with Crippen LogP contribution in [0.2, 0.25) is 0 Å². The van der Waals surface area contributed by atoms with Gasteiger partial charge >= 0.3 is 0 Å². The number of morpholine rings is 1. The van der Waals surface area contributed by atoms with Crippen molar-refractivity contribution in [1.82, 2.24) is 4.90 Å². The smallest absolute Gasteiger partial charge is 0.150 e. The zero-order valence-corrected chi connectivity index (χ0v) is 13.3. The fourth-order valence-electron chi connectivity index (χ4n) is 1.99. The molecule has 2 rings (SSSR count). The fourth-order valence-corrected chi connectivity index (χ4v) is 3.84. The number of nitrogens with zero attached hydrogens (tertiary/aromatic N) is 1. The van der Waals surface area contributed by atoms with Crippen LogP contribution in [0.25, 0.3) is 0 Å². The van der Waals surface area contributed by atoms with Gasteiger partial charge in [0.05, 0.1) is 18.9 Å². The Balaban J connectivity index is 1.93. The molecule has 1 aromatic carbocycles.